The molecule has 4 rings (SSSR count). The van der Waals surface area contributed by atoms with Crippen LogP contribution in [0.4, 0.5) is 5.69 Å². The Morgan fingerprint density at radius 2 is 1.47 bits per heavy atom. The third kappa shape index (κ3) is 3.63. The third-order valence-electron chi connectivity index (χ3n) is 5.00. The van der Waals surface area contributed by atoms with E-state index in [1.807, 2.05) is 6.92 Å². The summed E-state index contributed by atoms with van der Waals surface area (Å²) >= 11 is 0. The van der Waals surface area contributed by atoms with Crippen molar-refractivity contribution in [1.29, 1.82) is 0 Å². The molecule has 3 aromatic carbocycles. The van der Waals surface area contributed by atoms with E-state index in [1.54, 1.807) is 24.3 Å². The zero-order valence-electron chi connectivity index (χ0n) is 16.7. The molecule has 0 radical (unpaired) electrons. The Morgan fingerprint density at radius 3 is 2.16 bits per heavy atom. The number of benzene rings is 3. The molecular formula is C23H15N3O6. The molecule has 0 bridgehead atoms. The maximum Gasteiger partial charge on any atom is 0.280 e. The minimum atomic E-state index is -0.779. The molecule has 158 valence electrons. The highest BCUT2D eigenvalue weighted by Crippen LogP contribution is 2.25. The summed E-state index contributed by atoms with van der Waals surface area (Å²) in [5, 5.41) is 11.6. The number of hydrogen-bond donors (Lipinski definition) is 1. The van der Waals surface area contributed by atoms with Crippen LogP contribution in [0.5, 0.6) is 0 Å². The molecule has 1 heterocycles. The molecule has 9 nitrogen and oxygen atoms in total. The molecule has 0 saturated heterocycles. The van der Waals surface area contributed by atoms with Crippen LogP contribution in [0.3, 0.4) is 0 Å². The number of hydrazine groups is 1. The average Bonchev–Trinajstić information content (AvgIpc) is 3.03. The summed E-state index contributed by atoms with van der Waals surface area (Å²) in [7, 11) is 0. The Hall–Kier alpha value is -4.66. The van der Waals surface area contributed by atoms with Crippen molar-refractivity contribution in [2.75, 3.05) is 0 Å². The molecule has 0 aliphatic carbocycles. The zero-order chi connectivity index (χ0) is 23.0. The second-order valence-corrected chi connectivity index (χ2v) is 7.15. The van der Waals surface area contributed by atoms with Gasteiger partial charge >= 0.3 is 0 Å². The first-order valence-corrected chi connectivity index (χ1v) is 9.46. The molecule has 0 unspecified atom stereocenters. The van der Waals surface area contributed by atoms with E-state index in [0.29, 0.717) is 5.01 Å². The normalized spacial score (nSPS) is 12.5. The molecule has 1 aliphatic heterocycles. The number of aryl methyl sites for hydroxylation is 1. The van der Waals surface area contributed by atoms with Crippen LogP contribution in [0, 0.1) is 17.0 Å². The van der Waals surface area contributed by atoms with Gasteiger partial charge in [0, 0.05) is 28.8 Å². The molecule has 9 heteroatoms. The van der Waals surface area contributed by atoms with Crippen LogP contribution in [0.15, 0.2) is 66.7 Å². The van der Waals surface area contributed by atoms with Crippen molar-refractivity contribution < 1.29 is 24.1 Å². The van der Waals surface area contributed by atoms with Crippen LogP contribution in [-0.2, 0) is 0 Å². The van der Waals surface area contributed by atoms with Crippen molar-refractivity contribution in [2.24, 2.45) is 0 Å². The van der Waals surface area contributed by atoms with E-state index in [-0.39, 0.29) is 33.5 Å². The average molecular weight is 429 g/mol. The van der Waals surface area contributed by atoms with Crippen LogP contribution in [0.25, 0.3) is 0 Å². The molecule has 3 amide bonds. The van der Waals surface area contributed by atoms with Crippen LogP contribution in [0.1, 0.15) is 52.6 Å². The Kier molecular flexibility index (Phi) is 5.07. The summed E-state index contributed by atoms with van der Waals surface area (Å²) in [5.74, 6) is -2.68. The first-order chi connectivity index (χ1) is 15.3. The number of hydrogen-bond acceptors (Lipinski definition) is 6. The number of non-ortho nitro benzene ring substituents is 1. The predicted octanol–water partition coefficient (Wildman–Crippen LogP) is 3.08. The molecule has 1 N–H and O–H groups in total. The summed E-state index contributed by atoms with van der Waals surface area (Å²) in [6.07, 6.45) is 0. The lowest BCUT2D eigenvalue weighted by Crippen LogP contribution is -2.45. The number of nitrogens with one attached hydrogen (secondary N) is 1. The van der Waals surface area contributed by atoms with E-state index in [1.165, 1.54) is 36.4 Å². The summed E-state index contributed by atoms with van der Waals surface area (Å²) in [4.78, 5) is 61.0. The lowest BCUT2D eigenvalue weighted by molar-refractivity contribution is -0.384. The maximum absolute atomic E-state index is 12.8. The van der Waals surface area contributed by atoms with Crippen molar-refractivity contribution in [3.63, 3.8) is 0 Å². The van der Waals surface area contributed by atoms with Gasteiger partial charge in [0.25, 0.3) is 23.4 Å². The van der Waals surface area contributed by atoms with Gasteiger partial charge in [-0.2, -0.15) is 5.01 Å². The van der Waals surface area contributed by atoms with E-state index in [0.717, 1.165) is 11.6 Å². The second-order valence-electron chi connectivity index (χ2n) is 7.15. The fourth-order valence-corrected chi connectivity index (χ4v) is 3.28. The maximum atomic E-state index is 12.8. The van der Waals surface area contributed by atoms with Gasteiger partial charge in [0.05, 0.1) is 16.1 Å². The van der Waals surface area contributed by atoms with Crippen molar-refractivity contribution in [3.05, 3.63) is 110 Å². The van der Waals surface area contributed by atoms with Gasteiger partial charge in [-0.1, -0.05) is 35.9 Å². The molecule has 0 saturated carbocycles. The zero-order valence-corrected chi connectivity index (χ0v) is 16.7. The number of fused-ring (bicyclic) bond motifs is 1. The lowest BCUT2D eigenvalue weighted by atomic mass is 9.99. The van der Waals surface area contributed by atoms with Crippen LogP contribution in [-0.4, -0.2) is 33.4 Å². The fraction of sp³-hybridized carbons (Fsp3) is 0.0435. The van der Waals surface area contributed by atoms with Gasteiger partial charge in [-0.3, -0.25) is 34.7 Å². The molecule has 0 atom stereocenters. The van der Waals surface area contributed by atoms with Crippen molar-refractivity contribution in [3.8, 4) is 0 Å². The van der Waals surface area contributed by atoms with E-state index in [9.17, 15) is 29.3 Å². The van der Waals surface area contributed by atoms with Gasteiger partial charge in [0.15, 0.2) is 5.78 Å². The Bertz CT molecular complexity index is 1310. The topological polar surface area (TPSA) is 127 Å². The number of rotatable bonds is 5. The monoisotopic (exact) mass is 429 g/mol. The number of carbonyl (C=O) groups excluding carboxylic acids is 4. The van der Waals surface area contributed by atoms with Gasteiger partial charge in [-0.15, -0.1) is 0 Å². The van der Waals surface area contributed by atoms with E-state index in [4.69, 9.17) is 0 Å². The summed E-state index contributed by atoms with van der Waals surface area (Å²) < 4.78 is 0. The van der Waals surface area contributed by atoms with E-state index >= 15 is 0 Å². The Balaban J connectivity index is 1.59. The largest absolute Gasteiger partial charge is 0.289 e. The first kappa shape index (κ1) is 20.6. The SMILES string of the molecule is Cc1ccc(C(=O)NN2C(=O)c3ccc(C(=O)c4cccc([N+](=O)[O-])c4)cc3C2=O)cc1. The number of imide groups is 1. The molecule has 0 fully saturated rings. The van der Waals surface area contributed by atoms with Crippen LogP contribution < -0.4 is 5.43 Å². The minimum Gasteiger partial charge on any atom is -0.289 e. The molecule has 0 spiro atoms. The van der Waals surface area contributed by atoms with Gasteiger partial charge in [-0.25, -0.2) is 0 Å². The summed E-state index contributed by atoms with van der Waals surface area (Å²) in [6, 6.07) is 15.7. The Morgan fingerprint density at radius 1 is 0.844 bits per heavy atom. The van der Waals surface area contributed by atoms with Gasteiger partial charge in [0.2, 0.25) is 0 Å². The van der Waals surface area contributed by atoms with Gasteiger partial charge < -0.3 is 0 Å². The van der Waals surface area contributed by atoms with Gasteiger partial charge in [-0.05, 0) is 31.2 Å². The smallest absolute Gasteiger partial charge is 0.280 e. The number of nitrogens with zero attached hydrogens (tertiary/aromatic N) is 2. The number of amides is 3. The summed E-state index contributed by atoms with van der Waals surface area (Å²) in [6.45, 7) is 1.86. The van der Waals surface area contributed by atoms with Gasteiger partial charge in [0.1, 0.15) is 0 Å². The number of carbonyl (C=O) groups is 4. The number of nitro groups is 1. The van der Waals surface area contributed by atoms with Crippen molar-refractivity contribution >= 4 is 29.2 Å². The van der Waals surface area contributed by atoms with Crippen LogP contribution in [0.2, 0.25) is 0 Å². The predicted molar refractivity (Wildman–Crippen MR) is 112 cm³/mol. The first-order valence-electron chi connectivity index (χ1n) is 9.46. The second kappa shape index (κ2) is 7.88. The highest BCUT2D eigenvalue weighted by atomic mass is 16.6. The Labute approximate surface area is 181 Å². The summed E-state index contributed by atoms with van der Waals surface area (Å²) in [5.41, 5.74) is 3.42. The molecule has 1 aliphatic rings. The number of ketones is 1. The highest BCUT2D eigenvalue weighted by Gasteiger charge is 2.37. The minimum absolute atomic E-state index is 0.0369. The van der Waals surface area contributed by atoms with Crippen LogP contribution >= 0.6 is 0 Å². The van der Waals surface area contributed by atoms with E-state index in [2.05, 4.69) is 5.43 Å². The third-order valence-corrected chi connectivity index (χ3v) is 5.00. The van der Waals surface area contributed by atoms with Crippen molar-refractivity contribution in [2.45, 2.75) is 6.92 Å². The molecular weight excluding hydrogens is 414 g/mol. The van der Waals surface area contributed by atoms with Crippen molar-refractivity contribution in [1.82, 2.24) is 10.4 Å². The lowest BCUT2D eigenvalue weighted by Gasteiger charge is -2.15. The highest BCUT2D eigenvalue weighted by molar-refractivity contribution is 6.23. The van der Waals surface area contributed by atoms with E-state index < -0.39 is 28.4 Å². The molecule has 3 aromatic rings. The number of nitro benzene ring substituents is 1. The fourth-order valence-electron chi connectivity index (χ4n) is 3.28. The standard InChI is InChI=1S/C23H15N3O6/c1-13-5-7-14(8-6-13)21(28)24-25-22(29)18-10-9-16(12-19(18)23(25)30)20(27)15-3-2-4-17(11-15)26(31)32/h2-12H,1H3,(H,24,28). The molecule has 0 aromatic heterocycles. The molecule has 32 heavy (non-hydrogen) atoms. The quantitative estimate of drug-likeness (QED) is 0.287.